The standard InChI is InChI=1S/C20H21N5O2S/c26-20(15-3-4-17-18(11-15)24-28-23-17)25-9-7-13(8-10-25)12-27-19-6-5-16(21-22-19)14-1-2-14/h3-6,11,13-14H,1-2,7-10,12H2. The minimum absolute atomic E-state index is 0.0656. The van der Waals surface area contributed by atoms with E-state index in [1.54, 1.807) is 0 Å². The molecule has 0 bridgehead atoms. The van der Waals surface area contributed by atoms with Gasteiger partial charge in [0.25, 0.3) is 5.91 Å². The lowest BCUT2D eigenvalue weighted by Gasteiger charge is -2.31. The molecule has 2 aliphatic rings. The first-order valence-corrected chi connectivity index (χ1v) is 10.5. The normalized spacial score (nSPS) is 17.8. The summed E-state index contributed by atoms with van der Waals surface area (Å²) >= 11 is 1.17. The molecule has 1 saturated heterocycles. The molecule has 2 fully saturated rings. The molecule has 1 amide bonds. The summed E-state index contributed by atoms with van der Waals surface area (Å²) in [6.45, 7) is 2.11. The van der Waals surface area contributed by atoms with E-state index in [0.29, 0.717) is 29.9 Å². The van der Waals surface area contributed by atoms with Crippen molar-refractivity contribution in [1.29, 1.82) is 0 Å². The zero-order valence-corrected chi connectivity index (χ0v) is 16.3. The predicted molar refractivity (Wildman–Crippen MR) is 106 cm³/mol. The number of nitrogens with zero attached hydrogens (tertiary/aromatic N) is 5. The van der Waals surface area contributed by atoms with Gasteiger partial charge in [0, 0.05) is 30.6 Å². The summed E-state index contributed by atoms with van der Waals surface area (Å²) in [5, 5.41) is 8.43. The van der Waals surface area contributed by atoms with Crippen molar-refractivity contribution in [3.8, 4) is 5.88 Å². The van der Waals surface area contributed by atoms with Gasteiger partial charge in [-0.1, -0.05) is 0 Å². The van der Waals surface area contributed by atoms with E-state index >= 15 is 0 Å². The van der Waals surface area contributed by atoms with Crippen molar-refractivity contribution < 1.29 is 9.53 Å². The summed E-state index contributed by atoms with van der Waals surface area (Å²) in [7, 11) is 0. The van der Waals surface area contributed by atoms with Crippen LogP contribution in [-0.4, -0.2) is 49.4 Å². The zero-order chi connectivity index (χ0) is 18.9. The summed E-state index contributed by atoms with van der Waals surface area (Å²) in [6.07, 6.45) is 4.31. The first kappa shape index (κ1) is 17.5. The first-order valence-electron chi connectivity index (χ1n) is 9.74. The quantitative estimate of drug-likeness (QED) is 0.659. The summed E-state index contributed by atoms with van der Waals surface area (Å²) in [5.41, 5.74) is 3.38. The Kier molecular flexibility index (Phi) is 4.64. The van der Waals surface area contributed by atoms with Crippen LogP contribution < -0.4 is 4.74 Å². The van der Waals surface area contributed by atoms with Gasteiger partial charge in [-0.05, 0) is 55.9 Å². The van der Waals surface area contributed by atoms with Crippen molar-refractivity contribution in [2.24, 2.45) is 5.92 Å². The van der Waals surface area contributed by atoms with Crippen molar-refractivity contribution >= 4 is 28.7 Å². The van der Waals surface area contributed by atoms with E-state index < -0.39 is 0 Å². The van der Waals surface area contributed by atoms with Gasteiger partial charge in [-0.2, -0.15) is 13.8 Å². The average molecular weight is 395 g/mol. The highest BCUT2D eigenvalue weighted by molar-refractivity contribution is 7.00. The van der Waals surface area contributed by atoms with Crippen LogP contribution in [0, 0.1) is 5.92 Å². The fourth-order valence-corrected chi connectivity index (χ4v) is 4.13. The molecule has 0 atom stereocenters. The van der Waals surface area contributed by atoms with Crippen molar-refractivity contribution in [3.05, 3.63) is 41.6 Å². The van der Waals surface area contributed by atoms with E-state index in [1.807, 2.05) is 35.2 Å². The molecular weight excluding hydrogens is 374 g/mol. The number of carbonyl (C=O) groups excluding carboxylic acids is 1. The van der Waals surface area contributed by atoms with E-state index in [2.05, 4.69) is 18.9 Å². The molecule has 3 heterocycles. The van der Waals surface area contributed by atoms with E-state index in [0.717, 1.165) is 42.7 Å². The molecule has 0 unspecified atom stereocenters. The molecule has 1 aliphatic carbocycles. The Bertz CT molecular complexity index is 978. The van der Waals surface area contributed by atoms with E-state index in [4.69, 9.17) is 4.74 Å². The molecule has 8 heteroatoms. The third-order valence-electron chi connectivity index (χ3n) is 5.53. The number of likely N-dealkylation sites (tertiary alicyclic amines) is 1. The number of aromatic nitrogens is 4. The maximum Gasteiger partial charge on any atom is 0.253 e. The lowest BCUT2D eigenvalue weighted by molar-refractivity contribution is 0.0659. The Labute approximate surface area is 167 Å². The number of fused-ring (bicyclic) bond motifs is 1. The van der Waals surface area contributed by atoms with Crippen molar-refractivity contribution in [2.75, 3.05) is 19.7 Å². The van der Waals surface area contributed by atoms with Crippen LogP contribution in [0.25, 0.3) is 11.0 Å². The van der Waals surface area contributed by atoms with Crippen LogP contribution in [-0.2, 0) is 0 Å². The molecule has 5 rings (SSSR count). The number of hydrogen-bond donors (Lipinski definition) is 0. The largest absolute Gasteiger partial charge is 0.476 e. The number of rotatable bonds is 5. The second-order valence-corrected chi connectivity index (χ2v) is 8.11. The van der Waals surface area contributed by atoms with E-state index in [-0.39, 0.29) is 5.91 Å². The fourth-order valence-electron chi connectivity index (χ4n) is 3.61. The molecule has 7 nitrogen and oxygen atoms in total. The summed E-state index contributed by atoms with van der Waals surface area (Å²) in [4.78, 5) is 14.7. The SMILES string of the molecule is O=C(c1ccc2nsnc2c1)N1CCC(COc2ccc(C3CC3)nn2)CC1. The molecule has 0 N–H and O–H groups in total. The molecule has 1 saturated carbocycles. The van der Waals surface area contributed by atoms with Crippen LogP contribution in [0.2, 0.25) is 0 Å². The number of carbonyl (C=O) groups is 1. The summed E-state index contributed by atoms with van der Waals surface area (Å²) < 4.78 is 14.2. The monoisotopic (exact) mass is 395 g/mol. The molecule has 3 aromatic rings. The second-order valence-electron chi connectivity index (χ2n) is 7.59. The molecule has 0 radical (unpaired) electrons. The van der Waals surface area contributed by atoms with Gasteiger partial charge in [0.15, 0.2) is 0 Å². The molecule has 1 aromatic carbocycles. The van der Waals surface area contributed by atoms with E-state index in [1.165, 1.54) is 24.6 Å². The number of benzene rings is 1. The van der Waals surface area contributed by atoms with Gasteiger partial charge < -0.3 is 9.64 Å². The highest BCUT2D eigenvalue weighted by Crippen LogP contribution is 2.38. The van der Waals surface area contributed by atoms with Gasteiger partial charge in [-0.3, -0.25) is 4.79 Å². The predicted octanol–water partition coefficient (Wildman–Crippen LogP) is 3.29. The molecule has 1 aliphatic heterocycles. The minimum Gasteiger partial charge on any atom is -0.476 e. The van der Waals surface area contributed by atoms with Crippen LogP contribution in [0.15, 0.2) is 30.3 Å². The number of amides is 1. The highest BCUT2D eigenvalue weighted by Gasteiger charge is 2.26. The minimum atomic E-state index is 0.0656. The van der Waals surface area contributed by atoms with Gasteiger partial charge in [0.1, 0.15) is 11.0 Å². The number of hydrogen-bond acceptors (Lipinski definition) is 7. The van der Waals surface area contributed by atoms with Crippen molar-refractivity contribution in [2.45, 2.75) is 31.6 Å². The lowest BCUT2D eigenvalue weighted by Crippen LogP contribution is -2.39. The Balaban J connectivity index is 1.13. The van der Waals surface area contributed by atoms with Crippen LogP contribution in [0.4, 0.5) is 0 Å². The average Bonchev–Trinajstić information content (AvgIpc) is 3.49. The topological polar surface area (TPSA) is 81.1 Å². The third kappa shape index (κ3) is 3.69. The Hall–Kier alpha value is -2.61. The molecule has 28 heavy (non-hydrogen) atoms. The molecular formula is C20H21N5O2S. The van der Waals surface area contributed by atoms with Crippen molar-refractivity contribution in [3.63, 3.8) is 0 Å². The van der Waals surface area contributed by atoms with Crippen LogP contribution in [0.5, 0.6) is 5.88 Å². The maximum atomic E-state index is 12.8. The third-order valence-corrected chi connectivity index (χ3v) is 6.08. The first-order chi connectivity index (χ1) is 13.8. The molecule has 2 aromatic heterocycles. The van der Waals surface area contributed by atoms with Gasteiger partial charge in [-0.15, -0.1) is 5.10 Å². The van der Waals surface area contributed by atoms with Gasteiger partial charge >= 0.3 is 0 Å². The molecule has 144 valence electrons. The maximum absolute atomic E-state index is 12.8. The molecule has 0 spiro atoms. The van der Waals surface area contributed by atoms with E-state index in [9.17, 15) is 4.79 Å². The Morgan fingerprint density at radius 1 is 1.04 bits per heavy atom. The van der Waals surface area contributed by atoms with Gasteiger partial charge in [0.2, 0.25) is 5.88 Å². The van der Waals surface area contributed by atoms with Crippen LogP contribution >= 0.6 is 11.7 Å². The van der Waals surface area contributed by atoms with Gasteiger partial charge in [0.05, 0.1) is 24.0 Å². The lowest BCUT2D eigenvalue weighted by atomic mass is 9.97. The number of ether oxygens (including phenoxy) is 1. The van der Waals surface area contributed by atoms with Crippen molar-refractivity contribution in [1.82, 2.24) is 23.8 Å². The number of piperidine rings is 1. The Morgan fingerprint density at radius 2 is 1.86 bits per heavy atom. The zero-order valence-electron chi connectivity index (χ0n) is 15.5. The van der Waals surface area contributed by atoms with Crippen LogP contribution in [0.3, 0.4) is 0 Å². The van der Waals surface area contributed by atoms with Gasteiger partial charge in [-0.25, -0.2) is 0 Å². The highest BCUT2D eigenvalue weighted by atomic mass is 32.1. The summed E-state index contributed by atoms with van der Waals surface area (Å²) in [6, 6.07) is 9.48. The fraction of sp³-hybridized carbons (Fsp3) is 0.450. The smallest absolute Gasteiger partial charge is 0.253 e. The summed E-state index contributed by atoms with van der Waals surface area (Å²) in [5.74, 6) is 1.69. The van der Waals surface area contributed by atoms with Crippen LogP contribution in [0.1, 0.15) is 47.7 Å². The second kappa shape index (κ2) is 7.43. The Morgan fingerprint density at radius 3 is 2.61 bits per heavy atom.